The molecule has 0 bridgehead atoms. The van der Waals surface area contributed by atoms with Crippen LogP contribution in [0.4, 0.5) is 4.39 Å². The molecule has 0 saturated carbocycles. The van der Waals surface area contributed by atoms with Crippen LogP contribution >= 0.6 is 11.6 Å². The molecule has 4 rings (SSSR count). The van der Waals surface area contributed by atoms with Gasteiger partial charge in [-0.3, -0.25) is 0 Å². The number of methoxy groups -OCH3 is 1. The number of rotatable bonds is 2. The molecule has 0 saturated heterocycles. The molecule has 5 nitrogen and oxygen atoms in total. The molecule has 2 aromatic carbocycles. The van der Waals surface area contributed by atoms with E-state index in [0.29, 0.717) is 22.4 Å². The van der Waals surface area contributed by atoms with Crippen LogP contribution in [-0.4, -0.2) is 26.7 Å². The Hall–Kier alpha value is -2.73. The fourth-order valence-electron chi connectivity index (χ4n) is 2.41. The van der Waals surface area contributed by atoms with E-state index in [2.05, 4.69) is 15.1 Å². The molecule has 0 aliphatic heterocycles. The predicted molar refractivity (Wildman–Crippen MR) is 85.2 cm³/mol. The van der Waals surface area contributed by atoms with Crippen molar-refractivity contribution in [3.63, 3.8) is 0 Å². The van der Waals surface area contributed by atoms with Gasteiger partial charge in [0.05, 0.1) is 12.6 Å². The van der Waals surface area contributed by atoms with Crippen LogP contribution in [0.1, 0.15) is 0 Å². The van der Waals surface area contributed by atoms with Crippen LogP contribution < -0.4 is 4.74 Å². The molecule has 0 fully saturated rings. The summed E-state index contributed by atoms with van der Waals surface area (Å²) >= 11 is 6.14. The number of hydrogen-bond acceptors (Lipinski definition) is 4. The first-order valence-electron chi connectivity index (χ1n) is 6.81. The van der Waals surface area contributed by atoms with Crippen molar-refractivity contribution in [1.82, 2.24) is 19.6 Å². The van der Waals surface area contributed by atoms with Crippen LogP contribution in [0.3, 0.4) is 0 Å². The molecule has 23 heavy (non-hydrogen) atoms. The molecular weight excluding hydrogens is 319 g/mol. The van der Waals surface area contributed by atoms with Gasteiger partial charge >= 0.3 is 0 Å². The molecule has 4 aromatic rings. The van der Waals surface area contributed by atoms with Gasteiger partial charge in [0, 0.05) is 17.0 Å². The zero-order chi connectivity index (χ0) is 16.0. The highest BCUT2D eigenvalue weighted by Crippen LogP contribution is 2.25. The minimum atomic E-state index is -0.375. The third-order valence-corrected chi connectivity index (χ3v) is 3.79. The van der Waals surface area contributed by atoms with Gasteiger partial charge < -0.3 is 4.74 Å². The normalized spacial score (nSPS) is 11.3. The Labute approximate surface area is 135 Å². The van der Waals surface area contributed by atoms with Gasteiger partial charge in [0.25, 0.3) is 0 Å². The Morgan fingerprint density at radius 2 is 1.87 bits per heavy atom. The lowest BCUT2D eigenvalue weighted by atomic mass is 10.2. The fraction of sp³-hybridized carbons (Fsp3) is 0.0625. The van der Waals surface area contributed by atoms with Crippen molar-refractivity contribution < 1.29 is 9.13 Å². The second kappa shape index (κ2) is 5.17. The average molecular weight is 329 g/mol. The summed E-state index contributed by atoms with van der Waals surface area (Å²) in [7, 11) is 1.61. The Morgan fingerprint density at radius 1 is 1.09 bits per heavy atom. The maximum Gasteiger partial charge on any atom is 0.226 e. The summed E-state index contributed by atoms with van der Waals surface area (Å²) in [5, 5.41) is 5.20. The van der Waals surface area contributed by atoms with Crippen LogP contribution in [0.25, 0.3) is 27.9 Å². The van der Waals surface area contributed by atoms with Crippen LogP contribution in [0.5, 0.6) is 5.75 Å². The molecule has 0 atom stereocenters. The van der Waals surface area contributed by atoms with Gasteiger partial charge in [-0.2, -0.15) is 4.52 Å². The van der Waals surface area contributed by atoms with Crippen molar-refractivity contribution >= 4 is 28.2 Å². The monoisotopic (exact) mass is 328 g/mol. The number of aromatic nitrogens is 4. The highest BCUT2D eigenvalue weighted by molar-refractivity contribution is 6.29. The fourth-order valence-corrected chi connectivity index (χ4v) is 2.62. The molecule has 7 heteroatoms. The van der Waals surface area contributed by atoms with Gasteiger partial charge in [-0.05, 0) is 48.0 Å². The molecule has 0 N–H and O–H groups in total. The first-order valence-corrected chi connectivity index (χ1v) is 7.19. The summed E-state index contributed by atoms with van der Waals surface area (Å²) in [6.07, 6.45) is 0. The third kappa shape index (κ3) is 2.27. The Kier molecular flexibility index (Phi) is 3.12. The minimum Gasteiger partial charge on any atom is -0.497 e. The van der Waals surface area contributed by atoms with Crippen molar-refractivity contribution in [1.29, 1.82) is 0 Å². The van der Waals surface area contributed by atoms with Crippen molar-refractivity contribution in [2.45, 2.75) is 0 Å². The molecule has 0 aliphatic rings. The van der Waals surface area contributed by atoms with E-state index in [1.807, 2.05) is 24.3 Å². The number of ether oxygens (including phenoxy) is 1. The zero-order valence-electron chi connectivity index (χ0n) is 12.0. The number of fused-ring (bicyclic) bond motifs is 3. The minimum absolute atomic E-state index is 0.130. The van der Waals surface area contributed by atoms with Crippen molar-refractivity contribution in [3.8, 4) is 17.1 Å². The largest absolute Gasteiger partial charge is 0.497 e. The molecule has 0 radical (unpaired) electrons. The van der Waals surface area contributed by atoms with Crippen molar-refractivity contribution in [2.24, 2.45) is 0 Å². The third-order valence-electron chi connectivity index (χ3n) is 3.54. The second-order valence-corrected chi connectivity index (χ2v) is 5.28. The van der Waals surface area contributed by atoms with E-state index in [9.17, 15) is 4.39 Å². The van der Waals surface area contributed by atoms with Gasteiger partial charge in [-0.15, -0.1) is 5.10 Å². The quantitative estimate of drug-likeness (QED) is 0.526. The smallest absolute Gasteiger partial charge is 0.226 e. The lowest BCUT2D eigenvalue weighted by Gasteiger charge is -2.00. The number of halogens is 2. The van der Waals surface area contributed by atoms with Gasteiger partial charge in [0.2, 0.25) is 5.28 Å². The summed E-state index contributed by atoms with van der Waals surface area (Å²) in [6, 6.07) is 11.7. The lowest BCUT2D eigenvalue weighted by molar-refractivity contribution is 0.415. The van der Waals surface area contributed by atoms with E-state index in [-0.39, 0.29) is 11.1 Å². The standard InChI is InChI=1S/C16H10ClFN4O/c1-23-11-5-2-9(3-6-11)14-20-15-12-7-4-10(18)8-13(12)19-16(17)22(15)21-14/h2-8H,1H3. The first-order chi connectivity index (χ1) is 11.2. The Morgan fingerprint density at radius 3 is 2.61 bits per heavy atom. The molecule has 0 aliphatic carbocycles. The Bertz CT molecular complexity index is 1030. The van der Waals surface area contributed by atoms with E-state index in [1.165, 1.54) is 16.6 Å². The summed E-state index contributed by atoms with van der Waals surface area (Å²) in [5.41, 5.74) is 1.79. The molecule has 0 unspecified atom stereocenters. The van der Waals surface area contributed by atoms with E-state index in [4.69, 9.17) is 16.3 Å². The van der Waals surface area contributed by atoms with Gasteiger partial charge in [0.1, 0.15) is 11.6 Å². The molecule has 2 heterocycles. The van der Waals surface area contributed by atoms with Crippen LogP contribution in [0.15, 0.2) is 42.5 Å². The summed E-state index contributed by atoms with van der Waals surface area (Å²) in [5.74, 6) is 0.881. The number of nitrogens with zero attached hydrogens (tertiary/aromatic N) is 4. The topological polar surface area (TPSA) is 52.3 Å². The molecular formula is C16H10ClFN4O. The molecule has 0 spiro atoms. The highest BCUT2D eigenvalue weighted by atomic mass is 35.5. The van der Waals surface area contributed by atoms with Crippen LogP contribution in [0.2, 0.25) is 5.28 Å². The Balaban J connectivity index is 1.95. The lowest BCUT2D eigenvalue weighted by Crippen LogP contribution is -1.95. The maximum absolute atomic E-state index is 13.4. The van der Waals surface area contributed by atoms with Gasteiger partial charge in [-0.1, -0.05) is 0 Å². The highest BCUT2D eigenvalue weighted by Gasteiger charge is 2.14. The molecule has 0 amide bonds. The van der Waals surface area contributed by atoms with E-state index < -0.39 is 0 Å². The maximum atomic E-state index is 13.4. The SMILES string of the molecule is COc1ccc(-c2nc3c4ccc(F)cc4nc(Cl)n3n2)cc1. The predicted octanol–water partition coefficient (Wildman–Crippen LogP) is 3.75. The zero-order valence-corrected chi connectivity index (χ0v) is 12.8. The molecule has 114 valence electrons. The number of benzene rings is 2. The van der Waals surface area contributed by atoms with Crippen molar-refractivity contribution in [3.05, 3.63) is 53.6 Å². The van der Waals surface area contributed by atoms with E-state index in [1.54, 1.807) is 13.2 Å². The summed E-state index contributed by atoms with van der Waals surface area (Å²) < 4.78 is 20.0. The van der Waals surface area contributed by atoms with E-state index in [0.717, 1.165) is 11.3 Å². The summed E-state index contributed by atoms with van der Waals surface area (Å²) in [6.45, 7) is 0. The van der Waals surface area contributed by atoms with Crippen molar-refractivity contribution in [2.75, 3.05) is 7.11 Å². The first kappa shape index (κ1) is 13.9. The second-order valence-electron chi connectivity index (χ2n) is 4.94. The van der Waals surface area contributed by atoms with Crippen LogP contribution in [-0.2, 0) is 0 Å². The number of hydrogen-bond donors (Lipinski definition) is 0. The summed E-state index contributed by atoms with van der Waals surface area (Å²) in [4.78, 5) is 8.69. The average Bonchev–Trinajstić information content (AvgIpc) is 3.01. The van der Waals surface area contributed by atoms with Gasteiger partial charge in [-0.25, -0.2) is 14.4 Å². The van der Waals surface area contributed by atoms with Crippen LogP contribution in [0, 0.1) is 5.82 Å². The van der Waals surface area contributed by atoms with Gasteiger partial charge in [0.15, 0.2) is 11.5 Å². The van der Waals surface area contributed by atoms with E-state index >= 15 is 0 Å². The molecule has 2 aromatic heterocycles.